The first-order valence-electron chi connectivity index (χ1n) is 5.64. The van der Waals surface area contributed by atoms with Gasteiger partial charge in [-0.25, -0.2) is 0 Å². The van der Waals surface area contributed by atoms with Crippen LogP contribution in [0.3, 0.4) is 0 Å². The molecule has 0 saturated heterocycles. The lowest BCUT2D eigenvalue weighted by molar-refractivity contribution is -0.117. The molecule has 2 heterocycles. The van der Waals surface area contributed by atoms with Crippen LogP contribution in [0.15, 0.2) is 12.1 Å². The maximum atomic E-state index is 11.8. The second-order valence-electron chi connectivity index (χ2n) is 4.52. The van der Waals surface area contributed by atoms with Gasteiger partial charge in [0.1, 0.15) is 0 Å². The topological polar surface area (TPSA) is 37.4 Å². The van der Waals surface area contributed by atoms with E-state index in [1.54, 1.807) is 6.92 Å². The number of hydrogen-bond acceptors (Lipinski definition) is 2. The molecule has 3 heteroatoms. The predicted molar refractivity (Wildman–Crippen MR) is 60.8 cm³/mol. The van der Waals surface area contributed by atoms with Crippen LogP contribution < -0.4 is 4.90 Å². The first kappa shape index (κ1) is 9.58. The standard InChI is InChI=1S/C13H13NO2/c1-8(15)10-5-9-3-2-4-14-12(16)7-11(6-10)13(9)14/h5-6H,2-4,7H2,1H3. The summed E-state index contributed by atoms with van der Waals surface area (Å²) in [6.07, 6.45) is 2.44. The summed E-state index contributed by atoms with van der Waals surface area (Å²) in [5, 5.41) is 0. The quantitative estimate of drug-likeness (QED) is 0.669. The molecular weight excluding hydrogens is 202 g/mol. The van der Waals surface area contributed by atoms with Crippen molar-refractivity contribution in [3.05, 3.63) is 28.8 Å². The van der Waals surface area contributed by atoms with Gasteiger partial charge in [-0.1, -0.05) is 0 Å². The molecular formula is C13H13NO2. The highest BCUT2D eigenvalue weighted by Crippen LogP contribution is 2.37. The van der Waals surface area contributed by atoms with Crippen molar-refractivity contribution in [1.82, 2.24) is 0 Å². The molecule has 1 aromatic rings. The lowest BCUT2D eigenvalue weighted by Gasteiger charge is -2.25. The summed E-state index contributed by atoms with van der Waals surface area (Å²) in [4.78, 5) is 25.0. The van der Waals surface area contributed by atoms with Crippen LogP contribution in [0, 0.1) is 0 Å². The number of anilines is 1. The minimum Gasteiger partial charge on any atom is -0.312 e. The Kier molecular flexibility index (Phi) is 1.90. The molecule has 0 radical (unpaired) electrons. The normalized spacial score (nSPS) is 17.6. The summed E-state index contributed by atoms with van der Waals surface area (Å²) >= 11 is 0. The summed E-state index contributed by atoms with van der Waals surface area (Å²) in [6, 6.07) is 3.83. The summed E-state index contributed by atoms with van der Waals surface area (Å²) in [5.41, 5.74) is 4.03. The van der Waals surface area contributed by atoms with Gasteiger partial charge in [0, 0.05) is 12.1 Å². The molecule has 1 aromatic carbocycles. The second kappa shape index (κ2) is 3.17. The summed E-state index contributed by atoms with van der Waals surface area (Å²) in [7, 11) is 0. The Hall–Kier alpha value is -1.64. The van der Waals surface area contributed by atoms with Gasteiger partial charge in [-0.3, -0.25) is 9.59 Å². The van der Waals surface area contributed by atoms with E-state index in [1.807, 2.05) is 17.0 Å². The average Bonchev–Trinajstić information content (AvgIpc) is 2.58. The Morgan fingerprint density at radius 2 is 2.06 bits per heavy atom. The number of Topliss-reactive ketones (excluding diaryl/α,β-unsaturated/α-hetero) is 1. The van der Waals surface area contributed by atoms with Gasteiger partial charge in [-0.15, -0.1) is 0 Å². The van der Waals surface area contributed by atoms with E-state index in [4.69, 9.17) is 0 Å². The molecule has 1 amide bonds. The van der Waals surface area contributed by atoms with Crippen LogP contribution in [-0.2, 0) is 17.6 Å². The monoisotopic (exact) mass is 215 g/mol. The smallest absolute Gasteiger partial charge is 0.231 e. The molecule has 0 aromatic heterocycles. The highest BCUT2D eigenvalue weighted by molar-refractivity contribution is 6.04. The fourth-order valence-electron chi connectivity index (χ4n) is 2.68. The van der Waals surface area contributed by atoms with Gasteiger partial charge in [-0.05, 0) is 43.0 Å². The number of benzene rings is 1. The van der Waals surface area contributed by atoms with Crippen molar-refractivity contribution in [3.63, 3.8) is 0 Å². The Morgan fingerprint density at radius 3 is 2.81 bits per heavy atom. The number of carbonyl (C=O) groups is 2. The van der Waals surface area contributed by atoms with E-state index in [-0.39, 0.29) is 11.7 Å². The van der Waals surface area contributed by atoms with Crippen molar-refractivity contribution in [2.75, 3.05) is 11.4 Å². The molecule has 0 spiro atoms. The van der Waals surface area contributed by atoms with Crippen LogP contribution in [0.4, 0.5) is 5.69 Å². The number of amides is 1. The molecule has 82 valence electrons. The van der Waals surface area contributed by atoms with E-state index in [1.165, 1.54) is 5.56 Å². The van der Waals surface area contributed by atoms with Crippen LogP contribution in [0.5, 0.6) is 0 Å². The second-order valence-corrected chi connectivity index (χ2v) is 4.52. The van der Waals surface area contributed by atoms with Crippen LogP contribution in [-0.4, -0.2) is 18.2 Å². The van der Waals surface area contributed by atoms with Gasteiger partial charge in [-0.2, -0.15) is 0 Å². The molecule has 3 rings (SSSR count). The molecule has 0 fully saturated rings. The summed E-state index contributed by atoms with van der Waals surface area (Å²) in [5.74, 6) is 0.257. The van der Waals surface area contributed by atoms with Crippen molar-refractivity contribution in [3.8, 4) is 0 Å². The Bertz CT molecular complexity index is 505. The maximum absolute atomic E-state index is 11.8. The van der Waals surface area contributed by atoms with Crippen molar-refractivity contribution in [2.45, 2.75) is 26.2 Å². The van der Waals surface area contributed by atoms with E-state index in [0.29, 0.717) is 6.42 Å². The molecule has 3 nitrogen and oxygen atoms in total. The zero-order chi connectivity index (χ0) is 11.3. The SMILES string of the molecule is CC(=O)c1cc2c3c(c1)CC(=O)N3CCC2. The minimum absolute atomic E-state index is 0.0792. The first-order chi connectivity index (χ1) is 7.66. The minimum atomic E-state index is 0.0792. The summed E-state index contributed by atoms with van der Waals surface area (Å²) in [6.45, 7) is 2.41. The van der Waals surface area contributed by atoms with E-state index in [9.17, 15) is 9.59 Å². The molecule has 0 unspecified atom stereocenters. The fourth-order valence-corrected chi connectivity index (χ4v) is 2.68. The van der Waals surface area contributed by atoms with E-state index >= 15 is 0 Å². The van der Waals surface area contributed by atoms with Crippen molar-refractivity contribution in [2.24, 2.45) is 0 Å². The molecule has 0 bridgehead atoms. The number of nitrogens with zero attached hydrogens (tertiary/aromatic N) is 1. The van der Waals surface area contributed by atoms with E-state index < -0.39 is 0 Å². The van der Waals surface area contributed by atoms with Crippen LogP contribution in [0.1, 0.15) is 34.8 Å². The highest BCUT2D eigenvalue weighted by atomic mass is 16.2. The fraction of sp³-hybridized carbons (Fsp3) is 0.385. The molecule has 0 saturated carbocycles. The molecule has 2 aliphatic rings. The number of ketones is 1. The van der Waals surface area contributed by atoms with Crippen LogP contribution >= 0.6 is 0 Å². The van der Waals surface area contributed by atoms with Crippen molar-refractivity contribution >= 4 is 17.4 Å². The Labute approximate surface area is 94.1 Å². The zero-order valence-electron chi connectivity index (χ0n) is 9.25. The average molecular weight is 215 g/mol. The third kappa shape index (κ3) is 1.21. The summed E-state index contributed by atoms with van der Waals surface area (Å²) < 4.78 is 0. The third-order valence-corrected chi connectivity index (χ3v) is 3.41. The number of aryl methyl sites for hydroxylation is 1. The molecule has 0 atom stereocenters. The molecule has 16 heavy (non-hydrogen) atoms. The van der Waals surface area contributed by atoms with E-state index in [0.717, 1.165) is 36.2 Å². The van der Waals surface area contributed by atoms with Crippen molar-refractivity contribution < 1.29 is 9.59 Å². The largest absolute Gasteiger partial charge is 0.312 e. The molecule has 0 aliphatic carbocycles. The van der Waals surface area contributed by atoms with Crippen LogP contribution in [0.2, 0.25) is 0 Å². The van der Waals surface area contributed by atoms with Gasteiger partial charge in [0.25, 0.3) is 0 Å². The molecule has 0 N–H and O–H groups in total. The van der Waals surface area contributed by atoms with Gasteiger partial charge >= 0.3 is 0 Å². The lowest BCUT2D eigenvalue weighted by Crippen LogP contribution is -2.31. The van der Waals surface area contributed by atoms with Gasteiger partial charge in [0.2, 0.25) is 5.91 Å². The van der Waals surface area contributed by atoms with Gasteiger partial charge in [0.15, 0.2) is 5.78 Å². The van der Waals surface area contributed by atoms with Gasteiger partial charge < -0.3 is 4.90 Å². The Balaban J connectivity index is 2.21. The van der Waals surface area contributed by atoms with Crippen LogP contribution in [0.25, 0.3) is 0 Å². The lowest BCUT2D eigenvalue weighted by atomic mass is 9.96. The van der Waals surface area contributed by atoms with E-state index in [2.05, 4.69) is 0 Å². The maximum Gasteiger partial charge on any atom is 0.231 e. The highest BCUT2D eigenvalue weighted by Gasteiger charge is 2.32. The van der Waals surface area contributed by atoms with Crippen molar-refractivity contribution in [1.29, 1.82) is 0 Å². The third-order valence-electron chi connectivity index (χ3n) is 3.41. The first-order valence-corrected chi connectivity index (χ1v) is 5.64. The number of rotatable bonds is 1. The zero-order valence-corrected chi connectivity index (χ0v) is 9.25. The predicted octanol–water partition coefficient (Wildman–Crippen LogP) is 1.72. The Morgan fingerprint density at radius 1 is 1.31 bits per heavy atom. The number of carbonyl (C=O) groups excluding carboxylic acids is 2. The molecule has 2 aliphatic heterocycles. The van der Waals surface area contributed by atoms with Gasteiger partial charge in [0.05, 0.1) is 12.1 Å². The number of hydrogen-bond donors (Lipinski definition) is 0.